The molecule has 0 bridgehead atoms. The number of furan rings is 1. The zero-order valence-electron chi connectivity index (χ0n) is 19.4. The summed E-state index contributed by atoms with van der Waals surface area (Å²) in [6, 6.07) is 19.4. The first kappa shape index (κ1) is 22.1. The molecular formula is C27H30N4O3. The predicted octanol–water partition coefficient (Wildman–Crippen LogP) is 5.07. The van der Waals surface area contributed by atoms with Crippen LogP contribution in [0.1, 0.15) is 43.0 Å². The normalized spacial score (nSPS) is 18.0. The summed E-state index contributed by atoms with van der Waals surface area (Å²) in [5.74, 6) is 1.42. The fourth-order valence-electron chi connectivity index (χ4n) is 4.69. The maximum atomic E-state index is 13.4. The van der Waals surface area contributed by atoms with Gasteiger partial charge in [-0.2, -0.15) is 5.10 Å². The van der Waals surface area contributed by atoms with Crippen molar-refractivity contribution in [2.24, 2.45) is 5.10 Å². The van der Waals surface area contributed by atoms with E-state index >= 15 is 0 Å². The number of nitrogens with one attached hydrogen (secondary N) is 1. The van der Waals surface area contributed by atoms with E-state index in [0.29, 0.717) is 6.42 Å². The summed E-state index contributed by atoms with van der Waals surface area (Å²) in [6.45, 7) is 2.26. The van der Waals surface area contributed by atoms with E-state index in [-0.39, 0.29) is 18.5 Å². The molecule has 1 amide bonds. The van der Waals surface area contributed by atoms with Gasteiger partial charge < -0.3 is 19.4 Å². The number of carbonyl (C=O) groups is 1. The number of nitrogens with zero attached hydrogens (tertiary/aromatic N) is 3. The van der Waals surface area contributed by atoms with Crippen molar-refractivity contribution in [3.8, 4) is 5.75 Å². The van der Waals surface area contributed by atoms with Gasteiger partial charge in [-0.25, -0.2) is 5.01 Å². The third-order valence-corrected chi connectivity index (χ3v) is 6.49. The van der Waals surface area contributed by atoms with Crippen LogP contribution in [0.2, 0.25) is 0 Å². The Morgan fingerprint density at radius 1 is 1.06 bits per heavy atom. The summed E-state index contributed by atoms with van der Waals surface area (Å²) < 4.78 is 10.9. The molecule has 1 saturated heterocycles. The quantitative estimate of drug-likeness (QED) is 0.535. The molecule has 176 valence electrons. The number of anilines is 2. The van der Waals surface area contributed by atoms with Crippen LogP contribution in [-0.2, 0) is 4.79 Å². The third kappa shape index (κ3) is 4.64. The van der Waals surface area contributed by atoms with Crippen molar-refractivity contribution in [3.63, 3.8) is 0 Å². The van der Waals surface area contributed by atoms with Crippen LogP contribution in [-0.4, -0.2) is 43.4 Å². The molecule has 1 fully saturated rings. The number of carbonyl (C=O) groups excluding carboxylic acids is 1. The molecule has 5 rings (SSSR count). The van der Waals surface area contributed by atoms with Gasteiger partial charge in [0.25, 0.3) is 5.91 Å². The number of methoxy groups -OCH3 is 1. The number of rotatable bonds is 7. The van der Waals surface area contributed by atoms with Crippen LogP contribution >= 0.6 is 0 Å². The maximum absolute atomic E-state index is 13.4. The van der Waals surface area contributed by atoms with Crippen LogP contribution in [0.4, 0.5) is 11.4 Å². The number of hydrogen-bond acceptors (Lipinski definition) is 6. The Balaban J connectivity index is 1.34. The predicted molar refractivity (Wildman–Crippen MR) is 133 cm³/mol. The Hall–Kier alpha value is -3.74. The highest BCUT2D eigenvalue weighted by molar-refractivity contribution is 6.03. The zero-order chi connectivity index (χ0) is 23.3. The number of amides is 1. The molecule has 1 atom stereocenters. The highest BCUT2D eigenvalue weighted by Crippen LogP contribution is 2.34. The van der Waals surface area contributed by atoms with E-state index in [4.69, 9.17) is 14.3 Å². The lowest BCUT2D eigenvalue weighted by atomic mass is 10.0. The Bertz CT molecular complexity index is 1130. The van der Waals surface area contributed by atoms with Crippen molar-refractivity contribution in [1.29, 1.82) is 0 Å². The Labute approximate surface area is 200 Å². The van der Waals surface area contributed by atoms with Crippen LogP contribution in [0.3, 0.4) is 0 Å². The van der Waals surface area contributed by atoms with Crippen molar-refractivity contribution in [2.45, 2.75) is 31.7 Å². The van der Waals surface area contributed by atoms with Gasteiger partial charge in [0.05, 0.1) is 37.0 Å². The Kier molecular flexibility index (Phi) is 6.51. The first-order chi connectivity index (χ1) is 16.7. The lowest BCUT2D eigenvalue weighted by Gasteiger charge is -2.30. The number of hydrazone groups is 1. The van der Waals surface area contributed by atoms with Gasteiger partial charge in [-0.3, -0.25) is 4.79 Å². The molecule has 34 heavy (non-hydrogen) atoms. The molecule has 0 saturated carbocycles. The van der Waals surface area contributed by atoms with Crippen molar-refractivity contribution in [2.75, 3.05) is 37.0 Å². The second kappa shape index (κ2) is 10.0. The molecule has 2 aliphatic heterocycles. The molecule has 0 aliphatic carbocycles. The summed E-state index contributed by atoms with van der Waals surface area (Å²) in [5, 5.41) is 9.66. The molecule has 1 aromatic heterocycles. The number of hydrogen-bond donors (Lipinski definition) is 1. The van der Waals surface area contributed by atoms with Gasteiger partial charge in [0.1, 0.15) is 17.6 Å². The largest absolute Gasteiger partial charge is 0.497 e. The molecular weight excluding hydrogens is 428 g/mol. The van der Waals surface area contributed by atoms with Crippen molar-refractivity contribution >= 4 is 23.0 Å². The second-order valence-corrected chi connectivity index (χ2v) is 8.67. The molecule has 1 N–H and O–H groups in total. The van der Waals surface area contributed by atoms with Gasteiger partial charge in [-0.05, 0) is 73.4 Å². The van der Waals surface area contributed by atoms with Gasteiger partial charge in [0.2, 0.25) is 0 Å². The average molecular weight is 459 g/mol. The van der Waals surface area contributed by atoms with Crippen LogP contribution in [0.25, 0.3) is 0 Å². The Morgan fingerprint density at radius 2 is 1.85 bits per heavy atom. The molecule has 3 aromatic rings. The summed E-state index contributed by atoms with van der Waals surface area (Å²) in [6.07, 6.45) is 5.91. The minimum absolute atomic E-state index is 0.0987. The van der Waals surface area contributed by atoms with E-state index in [1.807, 2.05) is 48.5 Å². The van der Waals surface area contributed by atoms with E-state index in [0.717, 1.165) is 47.2 Å². The second-order valence-electron chi connectivity index (χ2n) is 8.67. The van der Waals surface area contributed by atoms with Crippen molar-refractivity contribution in [1.82, 2.24) is 5.01 Å². The van der Waals surface area contributed by atoms with E-state index in [1.165, 1.54) is 19.3 Å². The topological polar surface area (TPSA) is 70.3 Å². The van der Waals surface area contributed by atoms with Gasteiger partial charge >= 0.3 is 0 Å². The number of para-hydroxylation sites is 2. The Morgan fingerprint density at radius 3 is 2.59 bits per heavy atom. The summed E-state index contributed by atoms with van der Waals surface area (Å²) in [4.78, 5) is 15.8. The van der Waals surface area contributed by atoms with Crippen molar-refractivity contribution < 1.29 is 13.9 Å². The van der Waals surface area contributed by atoms with Gasteiger partial charge in [0, 0.05) is 19.5 Å². The number of benzene rings is 2. The van der Waals surface area contributed by atoms with Crippen LogP contribution in [0.5, 0.6) is 5.75 Å². The van der Waals surface area contributed by atoms with E-state index in [2.05, 4.69) is 22.3 Å². The molecule has 2 aromatic carbocycles. The van der Waals surface area contributed by atoms with Gasteiger partial charge in [0.15, 0.2) is 0 Å². The molecule has 7 nitrogen and oxygen atoms in total. The highest BCUT2D eigenvalue weighted by Gasteiger charge is 2.34. The third-order valence-electron chi connectivity index (χ3n) is 6.49. The fourth-order valence-corrected chi connectivity index (χ4v) is 4.69. The minimum Gasteiger partial charge on any atom is -0.497 e. The molecule has 2 aliphatic rings. The summed E-state index contributed by atoms with van der Waals surface area (Å²) >= 11 is 0. The average Bonchev–Trinajstić information content (AvgIpc) is 3.58. The first-order valence-corrected chi connectivity index (χ1v) is 11.9. The SMILES string of the molecule is COc1ccc(C2=NN(C(=O)CNc3ccccc3N3CCCCC3)[C@@H](c3ccco3)C2)cc1. The maximum Gasteiger partial charge on any atom is 0.262 e. The summed E-state index contributed by atoms with van der Waals surface area (Å²) in [5.41, 5.74) is 3.95. The minimum atomic E-state index is -0.265. The van der Waals surface area contributed by atoms with Gasteiger partial charge in [-0.15, -0.1) is 0 Å². The lowest BCUT2D eigenvalue weighted by molar-refractivity contribution is -0.131. The zero-order valence-corrected chi connectivity index (χ0v) is 19.4. The highest BCUT2D eigenvalue weighted by atomic mass is 16.5. The van der Waals surface area contributed by atoms with Crippen LogP contribution in [0.15, 0.2) is 76.4 Å². The van der Waals surface area contributed by atoms with E-state index in [9.17, 15) is 4.79 Å². The van der Waals surface area contributed by atoms with E-state index in [1.54, 1.807) is 18.4 Å². The van der Waals surface area contributed by atoms with Crippen molar-refractivity contribution in [3.05, 3.63) is 78.3 Å². The van der Waals surface area contributed by atoms with Gasteiger partial charge in [-0.1, -0.05) is 12.1 Å². The smallest absolute Gasteiger partial charge is 0.262 e. The number of ether oxygens (including phenoxy) is 1. The molecule has 3 heterocycles. The molecule has 0 spiro atoms. The summed E-state index contributed by atoms with van der Waals surface area (Å²) in [7, 11) is 1.64. The molecule has 0 unspecified atom stereocenters. The monoisotopic (exact) mass is 458 g/mol. The molecule has 0 radical (unpaired) electrons. The standard InChI is InChI=1S/C27H30N4O3/c1-33-21-13-11-20(12-14-21)23-18-25(26-10-7-17-34-26)31(29-23)27(32)19-28-22-8-3-4-9-24(22)30-15-5-2-6-16-30/h3-4,7-14,17,25,28H,2,5-6,15-16,18-19H2,1H3/t25-/m1/s1. The lowest BCUT2D eigenvalue weighted by Crippen LogP contribution is -2.33. The van der Waals surface area contributed by atoms with E-state index < -0.39 is 0 Å². The first-order valence-electron chi connectivity index (χ1n) is 11.9. The number of piperidine rings is 1. The van der Waals surface area contributed by atoms with Crippen LogP contribution < -0.4 is 15.0 Å². The molecule has 7 heteroatoms. The fraction of sp³-hybridized carbons (Fsp3) is 0.333. The van der Waals surface area contributed by atoms with Crippen LogP contribution in [0, 0.1) is 0 Å².